The maximum Gasteiger partial charge on any atom is 0.233 e. The fourth-order valence-corrected chi connectivity index (χ4v) is 2.82. The number of likely N-dealkylation sites (tertiary alicyclic amines) is 1. The van der Waals surface area contributed by atoms with Crippen molar-refractivity contribution in [2.45, 2.75) is 85.3 Å². The molecule has 1 atom stereocenters. The third-order valence-electron chi connectivity index (χ3n) is 4.51. The number of imide groups is 1. The number of nitrogens with zero attached hydrogens (tertiary/aromatic N) is 1. The number of carbonyl (C=O) groups excluding carboxylic acids is 2. The second-order valence-corrected chi connectivity index (χ2v) is 8.28. The highest BCUT2D eigenvalue weighted by molar-refractivity contribution is 6.04. The van der Waals surface area contributed by atoms with E-state index in [0.717, 1.165) is 12.8 Å². The van der Waals surface area contributed by atoms with E-state index in [-0.39, 0.29) is 23.3 Å². The van der Waals surface area contributed by atoms with E-state index in [1.165, 1.54) is 4.90 Å². The van der Waals surface area contributed by atoms with Crippen LogP contribution in [0.3, 0.4) is 0 Å². The van der Waals surface area contributed by atoms with Gasteiger partial charge in [0.25, 0.3) is 0 Å². The highest BCUT2D eigenvalue weighted by Crippen LogP contribution is 2.30. The minimum absolute atomic E-state index is 0.0472. The normalized spacial score (nSPS) is 20.4. The van der Waals surface area contributed by atoms with Gasteiger partial charge < -0.3 is 4.74 Å². The van der Waals surface area contributed by atoms with Gasteiger partial charge in [0.1, 0.15) is 0 Å². The van der Waals surface area contributed by atoms with Crippen molar-refractivity contribution in [1.29, 1.82) is 0 Å². The van der Waals surface area contributed by atoms with Crippen molar-refractivity contribution in [3.63, 3.8) is 0 Å². The number of rotatable bonds is 8. The average molecular weight is 311 g/mol. The van der Waals surface area contributed by atoms with Crippen LogP contribution in [0.2, 0.25) is 0 Å². The van der Waals surface area contributed by atoms with Gasteiger partial charge in [-0.25, -0.2) is 0 Å². The largest absolute Gasteiger partial charge is 0.375 e. The molecule has 0 aromatic heterocycles. The van der Waals surface area contributed by atoms with Gasteiger partial charge in [0.05, 0.1) is 5.60 Å². The van der Waals surface area contributed by atoms with E-state index in [4.69, 9.17) is 4.74 Å². The fraction of sp³-hybridized carbons (Fsp3) is 0.889. The number of amides is 2. The zero-order valence-electron chi connectivity index (χ0n) is 15.4. The molecule has 1 unspecified atom stereocenters. The molecule has 1 aliphatic rings. The van der Waals surface area contributed by atoms with Crippen LogP contribution < -0.4 is 0 Å². The summed E-state index contributed by atoms with van der Waals surface area (Å²) in [4.78, 5) is 25.7. The molecule has 128 valence electrons. The Labute approximate surface area is 135 Å². The second kappa shape index (κ2) is 7.12. The Hall–Kier alpha value is -0.900. The van der Waals surface area contributed by atoms with Gasteiger partial charge in [-0.3, -0.25) is 14.5 Å². The van der Waals surface area contributed by atoms with Crippen molar-refractivity contribution < 1.29 is 14.3 Å². The molecule has 1 rings (SSSR count). The third-order valence-corrected chi connectivity index (χ3v) is 4.51. The summed E-state index contributed by atoms with van der Waals surface area (Å²) >= 11 is 0. The molecule has 0 aromatic rings. The summed E-state index contributed by atoms with van der Waals surface area (Å²) in [6.45, 7) is 14.9. The first-order chi connectivity index (χ1) is 9.96. The van der Waals surface area contributed by atoms with Crippen LogP contribution >= 0.6 is 0 Å². The van der Waals surface area contributed by atoms with E-state index < -0.39 is 5.54 Å². The van der Waals surface area contributed by atoms with Crippen molar-refractivity contribution in [1.82, 2.24) is 4.90 Å². The molecule has 4 nitrogen and oxygen atoms in total. The van der Waals surface area contributed by atoms with Crippen LogP contribution in [0.4, 0.5) is 0 Å². The standard InChI is InChI=1S/C18H33NO3/c1-13(2)8-9-18(6,7)22-11-10-17(4,5)19-15(20)12-14(3)16(19)21/h13-14H,8-12H2,1-7H3. The van der Waals surface area contributed by atoms with E-state index >= 15 is 0 Å². The van der Waals surface area contributed by atoms with Crippen molar-refractivity contribution in [3.05, 3.63) is 0 Å². The third kappa shape index (κ3) is 5.08. The van der Waals surface area contributed by atoms with Gasteiger partial charge in [-0.05, 0) is 52.9 Å². The van der Waals surface area contributed by atoms with Crippen molar-refractivity contribution >= 4 is 11.8 Å². The minimum Gasteiger partial charge on any atom is -0.375 e. The molecular weight excluding hydrogens is 278 g/mol. The van der Waals surface area contributed by atoms with Crippen LogP contribution in [0.25, 0.3) is 0 Å². The summed E-state index contributed by atoms with van der Waals surface area (Å²) < 4.78 is 6.02. The maximum absolute atomic E-state index is 12.2. The lowest BCUT2D eigenvalue weighted by atomic mass is 9.96. The molecule has 1 aliphatic heterocycles. The highest BCUT2D eigenvalue weighted by Gasteiger charge is 2.43. The Balaban J connectivity index is 2.52. The predicted molar refractivity (Wildman–Crippen MR) is 88.4 cm³/mol. The molecule has 4 heteroatoms. The number of hydrogen-bond donors (Lipinski definition) is 0. The second-order valence-electron chi connectivity index (χ2n) is 8.28. The average Bonchev–Trinajstić information content (AvgIpc) is 2.60. The molecule has 0 N–H and O–H groups in total. The highest BCUT2D eigenvalue weighted by atomic mass is 16.5. The van der Waals surface area contributed by atoms with Gasteiger partial charge in [0.2, 0.25) is 11.8 Å². The van der Waals surface area contributed by atoms with Gasteiger partial charge in [-0.2, -0.15) is 0 Å². The molecule has 0 aliphatic carbocycles. The van der Waals surface area contributed by atoms with Gasteiger partial charge in [0, 0.05) is 24.5 Å². The molecule has 1 saturated heterocycles. The maximum atomic E-state index is 12.2. The summed E-state index contributed by atoms with van der Waals surface area (Å²) in [6, 6.07) is 0. The molecule has 0 aromatic carbocycles. The van der Waals surface area contributed by atoms with Crippen LogP contribution in [0, 0.1) is 11.8 Å². The molecule has 0 radical (unpaired) electrons. The Kier molecular flexibility index (Phi) is 6.19. The summed E-state index contributed by atoms with van der Waals surface area (Å²) in [5.74, 6) is 0.381. The fourth-order valence-electron chi connectivity index (χ4n) is 2.82. The molecule has 0 bridgehead atoms. The van der Waals surface area contributed by atoms with Gasteiger partial charge in [-0.1, -0.05) is 20.8 Å². The van der Waals surface area contributed by atoms with Crippen molar-refractivity contribution in [3.8, 4) is 0 Å². The van der Waals surface area contributed by atoms with Crippen LogP contribution in [0.15, 0.2) is 0 Å². The first-order valence-electron chi connectivity index (χ1n) is 8.47. The van der Waals surface area contributed by atoms with Crippen LogP contribution in [0.5, 0.6) is 0 Å². The van der Waals surface area contributed by atoms with Crippen LogP contribution in [-0.4, -0.2) is 34.5 Å². The lowest BCUT2D eigenvalue weighted by molar-refractivity contribution is -0.146. The SMILES string of the molecule is CC(C)CCC(C)(C)OCCC(C)(C)N1C(=O)CC(C)C1=O. The van der Waals surface area contributed by atoms with E-state index in [0.29, 0.717) is 25.4 Å². The van der Waals surface area contributed by atoms with E-state index in [1.807, 2.05) is 20.8 Å². The Bertz CT molecular complexity index is 413. The van der Waals surface area contributed by atoms with Crippen LogP contribution in [0.1, 0.15) is 74.1 Å². The van der Waals surface area contributed by atoms with Gasteiger partial charge in [0.15, 0.2) is 0 Å². The molecule has 1 fully saturated rings. The van der Waals surface area contributed by atoms with Crippen LogP contribution in [-0.2, 0) is 14.3 Å². The Morgan fingerprint density at radius 3 is 2.23 bits per heavy atom. The van der Waals surface area contributed by atoms with Gasteiger partial charge in [-0.15, -0.1) is 0 Å². The zero-order chi connectivity index (χ0) is 17.1. The zero-order valence-corrected chi connectivity index (χ0v) is 15.4. The lowest BCUT2D eigenvalue weighted by Crippen LogP contribution is -2.48. The first-order valence-corrected chi connectivity index (χ1v) is 8.47. The number of carbonyl (C=O) groups is 2. The summed E-state index contributed by atoms with van der Waals surface area (Å²) in [5, 5.41) is 0. The van der Waals surface area contributed by atoms with Crippen molar-refractivity contribution in [2.75, 3.05) is 6.61 Å². The predicted octanol–water partition coefficient (Wildman–Crippen LogP) is 3.78. The smallest absolute Gasteiger partial charge is 0.233 e. The number of hydrogen-bond acceptors (Lipinski definition) is 3. The van der Waals surface area contributed by atoms with Gasteiger partial charge >= 0.3 is 0 Å². The topological polar surface area (TPSA) is 46.6 Å². The first kappa shape index (κ1) is 19.1. The minimum atomic E-state index is -0.479. The quantitative estimate of drug-likeness (QED) is 0.641. The molecule has 0 spiro atoms. The monoisotopic (exact) mass is 311 g/mol. The van der Waals surface area contributed by atoms with E-state index in [2.05, 4.69) is 27.7 Å². The van der Waals surface area contributed by atoms with E-state index in [9.17, 15) is 9.59 Å². The summed E-state index contributed by atoms with van der Waals surface area (Å²) in [5.41, 5.74) is -0.639. The molecular formula is C18H33NO3. The molecule has 1 heterocycles. The van der Waals surface area contributed by atoms with Crippen molar-refractivity contribution in [2.24, 2.45) is 11.8 Å². The summed E-state index contributed by atoms with van der Waals surface area (Å²) in [6.07, 6.45) is 3.16. The lowest BCUT2D eigenvalue weighted by Gasteiger charge is -2.35. The Morgan fingerprint density at radius 1 is 1.18 bits per heavy atom. The molecule has 0 saturated carbocycles. The molecule has 2 amide bonds. The summed E-state index contributed by atoms with van der Waals surface area (Å²) in [7, 11) is 0. The molecule has 22 heavy (non-hydrogen) atoms. The van der Waals surface area contributed by atoms with E-state index in [1.54, 1.807) is 0 Å². The Morgan fingerprint density at radius 2 is 1.77 bits per heavy atom. The number of ether oxygens (including phenoxy) is 1.